The minimum absolute atomic E-state index is 0.480. The average molecular weight is 246 g/mol. The number of rotatable bonds is 4. The molecule has 0 radical (unpaired) electrons. The van der Waals surface area contributed by atoms with E-state index in [9.17, 15) is 5.11 Å². The molecule has 1 aromatic heterocycles. The van der Waals surface area contributed by atoms with Crippen LogP contribution >= 0.6 is 11.3 Å². The topological polar surface area (TPSA) is 20.2 Å². The Kier molecular flexibility index (Phi) is 3.97. The molecule has 0 spiro atoms. The van der Waals surface area contributed by atoms with Crippen molar-refractivity contribution in [3.8, 4) is 0 Å². The van der Waals surface area contributed by atoms with Gasteiger partial charge in [-0.3, -0.25) is 0 Å². The van der Waals surface area contributed by atoms with Crippen LogP contribution in [0.25, 0.3) is 0 Å². The Hall–Kier alpha value is -1.12. The standard InChI is InChI=1S/C15H18OS/c1-3-5-12-6-4-7-13(10-12)14(16)15-11(2)8-9-17-15/h4,6-10,14,16H,3,5H2,1-2H3. The quantitative estimate of drug-likeness (QED) is 0.861. The molecule has 0 amide bonds. The summed E-state index contributed by atoms with van der Waals surface area (Å²) >= 11 is 1.62. The van der Waals surface area contributed by atoms with Gasteiger partial charge in [-0.15, -0.1) is 11.3 Å². The molecular weight excluding hydrogens is 228 g/mol. The summed E-state index contributed by atoms with van der Waals surface area (Å²) in [6, 6.07) is 10.3. The van der Waals surface area contributed by atoms with E-state index in [1.165, 1.54) is 11.1 Å². The maximum atomic E-state index is 10.4. The summed E-state index contributed by atoms with van der Waals surface area (Å²) in [5.74, 6) is 0. The molecule has 1 aromatic carbocycles. The first kappa shape index (κ1) is 12.3. The molecule has 2 aromatic rings. The molecule has 1 heterocycles. The molecule has 2 rings (SSSR count). The lowest BCUT2D eigenvalue weighted by Gasteiger charge is -2.12. The van der Waals surface area contributed by atoms with Crippen LogP contribution in [0.2, 0.25) is 0 Å². The van der Waals surface area contributed by atoms with Crippen LogP contribution in [0.4, 0.5) is 0 Å². The molecule has 1 unspecified atom stereocenters. The Morgan fingerprint density at radius 1 is 1.29 bits per heavy atom. The second kappa shape index (κ2) is 5.48. The summed E-state index contributed by atoms with van der Waals surface area (Å²) < 4.78 is 0. The molecule has 0 aliphatic carbocycles. The summed E-state index contributed by atoms with van der Waals surface area (Å²) in [4.78, 5) is 1.05. The lowest BCUT2D eigenvalue weighted by molar-refractivity contribution is 0.223. The van der Waals surface area contributed by atoms with Crippen molar-refractivity contribution in [1.29, 1.82) is 0 Å². The monoisotopic (exact) mass is 246 g/mol. The third kappa shape index (κ3) is 2.76. The normalized spacial score (nSPS) is 12.6. The van der Waals surface area contributed by atoms with Crippen molar-refractivity contribution in [2.45, 2.75) is 32.8 Å². The zero-order chi connectivity index (χ0) is 12.3. The fourth-order valence-electron chi connectivity index (χ4n) is 2.02. The summed E-state index contributed by atoms with van der Waals surface area (Å²) in [6.45, 7) is 4.22. The summed E-state index contributed by atoms with van der Waals surface area (Å²) in [6.07, 6.45) is 1.73. The molecule has 0 aliphatic heterocycles. The SMILES string of the molecule is CCCc1cccc(C(O)c2sccc2C)c1. The minimum atomic E-state index is -0.480. The van der Waals surface area contributed by atoms with E-state index in [-0.39, 0.29) is 0 Å². The van der Waals surface area contributed by atoms with E-state index in [2.05, 4.69) is 25.1 Å². The molecule has 0 aliphatic rings. The van der Waals surface area contributed by atoms with E-state index >= 15 is 0 Å². The smallest absolute Gasteiger partial charge is 0.113 e. The first-order chi connectivity index (χ1) is 8.22. The number of aliphatic hydroxyl groups is 1. The Morgan fingerprint density at radius 3 is 2.76 bits per heavy atom. The van der Waals surface area contributed by atoms with Gasteiger partial charge in [-0.1, -0.05) is 37.6 Å². The largest absolute Gasteiger partial charge is 0.383 e. The van der Waals surface area contributed by atoms with Gasteiger partial charge in [-0.05, 0) is 41.5 Å². The van der Waals surface area contributed by atoms with Gasteiger partial charge in [0.15, 0.2) is 0 Å². The molecule has 1 nitrogen and oxygen atoms in total. The predicted octanol–water partition coefficient (Wildman–Crippen LogP) is 4.09. The summed E-state index contributed by atoms with van der Waals surface area (Å²) in [5, 5.41) is 12.4. The summed E-state index contributed by atoms with van der Waals surface area (Å²) in [7, 11) is 0. The van der Waals surface area contributed by atoms with E-state index in [1.54, 1.807) is 11.3 Å². The van der Waals surface area contributed by atoms with E-state index in [0.29, 0.717) is 0 Å². The van der Waals surface area contributed by atoms with Crippen molar-refractivity contribution < 1.29 is 5.11 Å². The van der Waals surface area contributed by atoms with Gasteiger partial charge in [0.1, 0.15) is 6.10 Å². The van der Waals surface area contributed by atoms with Gasteiger partial charge in [-0.25, -0.2) is 0 Å². The Balaban J connectivity index is 2.28. The van der Waals surface area contributed by atoms with Gasteiger partial charge in [-0.2, -0.15) is 0 Å². The Morgan fingerprint density at radius 2 is 2.12 bits per heavy atom. The summed E-state index contributed by atoms with van der Waals surface area (Å²) in [5.41, 5.74) is 3.48. The van der Waals surface area contributed by atoms with Crippen LogP contribution in [0.3, 0.4) is 0 Å². The molecule has 0 fully saturated rings. The maximum absolute atomic E-state index is 10.4. The highest BCUT2D eigenvalue weighted by molar-refractivity contribution is 7.10. The molecule has 17 heavy (non-hydrogen) atoms. The van der Waals surface area contributed by atoms with Crippen molar-refractivity contribution in [2.75, 3.05) is 0 Å². The third-order valence-electron chi connectivity index (χ3n) is 2.96. The highest BCUT2D eigenvalue weighted by atomic mass is 32.1. The second-order valence-electron chi connectivity index (χ2n) is 4.37. The highest BCUT2D eigenvalue weighted by Gasteiger charge is 2.14. The maximum Gasteiger partial charge on any atom is 0.113 e. The molecule has 1 atom stereocenters. The van der Waals surface area contributed by atoms with Crippen LogP contribution in [0.1, 0.15) is 41.0 Å². The number of aliphatic hydroxyl groups excluding tert-OH is 1. The van der Waals surface area contributed by atoms with Gasteiger partial charge in [0.2, 0.25) is 0 Å². The zero-order valence-electron chi connectivity index (χ0n) is 10.3. The van der Waals surface area contributed by atoms with E-state index in [1.807, 2.05) is 24.4 Å². The van der Waals surface area contributed by atoms with Gasteiger partial charge in [0.25, 0.3) is 0 Å². The van der Waals surface area contributed by atoms with E-state index in [0.717, 1.165) is 23.3 Å². The second-order valence-corrected chi connectivity index (χ2v) is 5.31. The number of thiophene rings is 1. The van der Waals surface area contributed by atoms with Crippen molar-refractivity contribution in [1.82, 2.24) is 0 Å². The zero-order valence-corrected chi connectivity index (χ0v) is 11.1. The molecule has 0 saturated carbocycles. The third-order valence-corrected chi connectivity index (χ3v) is 4.03. The number of hydrogen-bond acceptors (Lipinski definition) is 2. The van der Waals surface area contributed by atoms with Crippen LogP contribution in [0.15, 0.2) is 35.7 Å². The van der Waals surface area contributed by atoms with E-state index < -0.39 is 6.10 Å². The van der Waals surface area contributed by atoms with Crippen LogP contribution < -0.4 is 0 Å². The van der Waals surface area contributed by atoms with Gasteiger partial charge in [0.05, 0.1) is 0 Å². The Labute approximate surface area is 107 Å². The molecular formula is C15H18OS. The van der Waals surface area contributed by atoms with Crippen LogP contribution in [-0.4, -0.2) is 5.11 Å². The van der Waals surface area contributed by atoms with Gasteiger partial charge >= 0.3 is 0 Å². The Bertz CT molecular complexity index is 487. The van der Waals surface area contributed by atoms with Crippen molar-refractivity contribution in [2.24, 2.45) is 0 Å². The highest BCUT2D eigenvalue weighted by Crippen LogP contribution is 2.29. The van der Waals surface area contributed by atoms with Gasteiger partial charge < -0.3 is 5.11 Å². The van der Waals surface area contributed by atoms with Crippen molar-refractivity contribution in [3.05, 3.63) is 57.3 Å². The van der Waals surface area contributed by atoms with Crippen LogP contribution in [-0.2, 0) is 6.42 Å². The predicted molar refractivity (Wildman–Crippen MR) is 73.6 cm³/mol. The van der Waals surface area contributed by atoms with E-state index in [4.69, 9.17) is 0 Å². The number of aryl methyl sites for hydroxylation is 2. The fourth-order valence-corrected chi connectivity index (χ4v) is 2.96. The molecule has 2 heteroatoms. The van der Waals surface area contributed by atoms with Crippen LogP contribution in [0.5, 0.6) is 0 Å². The number of benzene rings is 1. The molecule has 0 bridgehead atoms. The lowest BCUT2D eigenvalue weighted by atomic mass is 10.0. The average Bonchev–Trinajstić information content (AvgIpc) is 2.75. The van der Waals surface area contributed by atoms with Crippen molar-refractivity contribution >= 4 is 11.3 Å². The lowest BCUT2D eigenvalue weighted by Crippen LogP contribution is -1.99. The molecule has 90 valence electrons. The fraction of sp³-hybridized carbons (Fsp3) is 0.333. The minimum Gasteiger partial charge on any atom is -0.383 e. The van der Waals surface area contributed by atoms with Gasteiger partial charge in [0, 0.05) is 4.88 Å². The molecule has 0 saturated heterocycles. The van der Waals surface area contributed by atoms with Crippen molar-refractivity contribution in [3.63, 3.8) is 0 Å². The first-order valence-corrected chi connectivity index (χ1v) is 6.91. The number of hydrogen-bond donors (Lipinski definition) is 1. The van der Waals surface area contributed by atoms with Crippen LogP contribution in [0, 0.1) is 6.92 Å². The molecule has 1 N–H and O–H groups in total. The first-order valence-electron chi connectivity index (χ1n) is 6.03.